The van der Waals surface area contributed by atoms with Gasteiger partial charge in [0.2, 0.25) is 0 Å². The average Bonchev–Trinajstić information content (AvgIpc) is 3.59. The Kier molecular flexibility index (Phi) is 10.7. The second-order valence-electron chi connectivity index (χ2n) is 9.93. The molecule has 1 saturated carbocycles. The number of aromatic nitrogens is 2. The van der Waals surface area contributed by atoms with Crippen LogP contribution in [-0.2, 0) is 26.5 Å². The number of hydrogen-bond acceptors (Lipinski definition) is 10. The highest BCUT2D eigenvalue weighted by molar-refractivity contribution is 7.79. The van der Waals surface area contributed by atoms with E-state index < -0.39 is 10.4 Å². The van der Waals surface area contributed by atoms with Gasteiger partial charge >= 0.3 is 10.4 Å². The van der Waals surface area contributed by atoms with Crippen LogP contribution in [0.3, 0.4) is 0 Å². The van der Waals surface area contributed by atoms with Crippen LogP contribution in [0, 0.1) is 5.92 Å². The maximum atomic E-state index is 8.74. The van der Waals surface area contributed by atoms with E-state index in [0.29, 0.717) is 25.1 Å². The van der Waals surface area contributed by atoms with Gasteiger partial charge < -0.3 is 28.6 Å². The molecular formula is C27H39N3O9S2. The molecule has 1 aromatic carbocycles. The summed E-state index contributed by atoms with van der Waals surface area (Å²) in [6.07, 6.45) is 5.95. The van der Waals surface area contributed by atoms with Gasteiger partial charge in [-0.25, -0.2) is 4.52 Å². The Bertz CT molecular complexity index is 1360. The largest absolute Gasteiger partial charge is 0.496 e. The maximum absolute atomic E-state index is 8.74. The predicted octanol–water partition coefficient (Wildman–Crippen LogP) is 4.76. The molecule has 2 aliphatic rings. The lowest BCUT2D eigenvalue weighted by Crippen LogP contribution is -2.40. The van der Waals surface area contributed by atoms with E-state index in [1.807, 2.05) is 23.6 Å². The van der Waals surface area contributed by atoms with Gasteiger partial charge in [-0.2, -0.15) is 8.42 Å². The van der Waals surface area contributed by atoms with E-state index in [2.05, 4.69) is 10.3 Å². The molecule has 1 aliphatic carbocycles. The van der Waals surface area contributed by atoms with Crippen molar-refractivity contribution in [1.29, 1.82) is 0 Å². The van der Waals surface area contributed by atoms with Crippen LogP contribution in [0.25, 0.3) is 16.1 Å². The molecule has 0 atom stereocenters. The summed E-state index contributed by atoms with van der Waals surface area (Å²) in [5.41, 5.74) is 3.89. The van der Waals surface area contributed by atoms with Gasteiger partial charge in [0, 0.05) is 37.8 Å². The number of methoxy groups -OCH3 is 3. The fourth-order valence-corrected chi connectivity index (χ4v) is 6.07. The Morgan fingerprint density at radius 1 is 1.07 bits per heavy atom. The van der Waals surface area contributed by atoms with Crippen molar-refractivity contribution in [1.82, 2.24) is 9.61 Å². The van der Waals surface area contributed by atoms with Gasteiger partial charge in [-0.15, -0.1) is 16.4 Å². The van der Waals surface area contributed by atoms with Crippen molar-refractivity contribution in [2.75, 3.05) is 52.6 Å². The molecule has 41 heavy (non-hydrogen) atoms. The van der Waals surface area contributed by atoms with Crippen LogP contribution in [0.1, 0.15) is 44.6 Å². The third-order valence-corrected chi connectivity index (χ3v) is 8.11. The topological polar surface area (TPSA) is 141 Å². The number of hydrogen-bond donors (Lipinski definition) is 2. The summed E-state index contributed by atoms with van der Waals surface area (Å²) in [6, 6.07) is 4.46. The molecule has 0 spiro atoms. The second-order valence-corrected chi connectivity index (χ2v) is 11.7. The Hall–Kier alpha value is -2.62. The first-order valence-electron chi connectivity index (χ1n) is 13.6. The van der Waals surface area contributed by atoms with Crippen molar-refractivity contribution in [3.63, 3.8) is 0 Å². The van der Waals surface area contributed by atoms with Gasteiger partial charge in [-0.3, -0.25) is 9.11 Å². The summed E-state index contributed by atoms with van der Waals surface area (Å²) in [4.78, 5) is 3.62. The summed E-state index contributed by atoms with van der Waals surface area (Å²) in [7, 11) is 0.417. The highest BCUT2D eigenvalue weighted by Gasteiger charge is 2.32. The zero-order valence-electron chi connectivity index (χ0n) is 23.9. The standard InChI is InChI=1S/C27H37N3O5S.H2O4S/c1-5-34-16-19-14-22(31-2)24(23(15-19)32-3)21-17-36-27-25(26(33-4)28-30(21)27)29(11-8-18-6-7-18)20-9-12-35-13-10-20;1-5(2,3)4/h14-15,17-18,20H,5-13,16H2,1-4H3;(H2,1,2,3,4). The Balaban J connectivity index is 0.000000714. The fourth-order valence-electron chi connectivity index (χ4n) is 5.08. The van der Waals surface area contributed by atoms with Crippen LogP contribution in [0.4, 0.5) is 5.69 Å². The van der Waals surface area contributed by atoms with Crippen molar-refractivity contribution < 1.29 is 41.2 Å². The summed E-state index contributed by atoms with van der Waals surface area (Å²) >= 11 is 1.68. The van der Waals surface area contributed by atoms with Crippen LogP contribution >= 0.6 is 11.3 Å². The lowest BCUT2D eigenvalue weighted by atomic mass is 10.1. The Morgan fingerprint density at radius 2 is 1.71 bits per heavy atom. The van der Waals surface area contributed by atoms with E-state index in [1.54, 1.807) is 32.7 Å². The molecule has 3 heterocycles. The number of fused-ring (bicyclic) bond motifs is 1. The number of thiazole rings is 1. The normalized spacial score (nSPS) is 15.9. The van der Waals surface area contributed by atoms with Gasteiger partial charge in [0.25, 0.3) is 5.88 Å². The number of rotatable bonds is 12. The quantitative estimate of drug-likeness (QED) is 0.273. The molecule has 1 aliphatic heterocycles. The molecule has 1 saturated heterocycles. The van der Waals surface area contributed by atoms with Gasteiger partial charge in [-0.05, 0) is 49.8 Å². The molecule has 0 unspecified atom stereocenters. The van der Waals surface area contributed by atoms with Crippen LogP contribution in [0.15, 0.2) is 17.5 Å². The molecule has 3 aromatic rings. The lowest BCUT2D eigenvalue weighted by Gasteiger charge is -2.35. The van der Waals surface area contributed by atoms with Crippen molar-refractivity contribution in [2.24, 2.45) is 5.92 Å². The third-order valence-electron chi connectivity index (χ3n) is 7.18. The second kappa shape index (κ2) is 14.0. The number of anilines is 1. The van der Waals surface area contributed by atoms with E-state index in [1.165, 1.54) is 19.3 Å². The first-order chi connectivity index (χ1) is 19.7. The molecule has 0 radical (unpaired) electrons. The molecule has 0 bridgehead atoms. The van der Waals surface area contributed by atoms with Crippen molar-refractivity contribution in [2.45, 2.75) is 51.7 Å². The minimum atomic E-state index is -4.67. The summed E-state index contributed by atoms with van der Waals surface area (Å²) < 4.78 is 62.4. The highest BCUT2D eigenvalue weighted by atomic mass is 32.3. The minimum absolute atomic E-state index is 0.423. The molecule has 2 fully saturated rings. The molecule has 14 heteroatoms. The fraction of sp³-hybridized carbons (Fsp3) is 0.593. The van der Waals surface area contributed by atoms with E-state index in [0.717, 1.165) is 77.4 Å². The lowest BCUT2D eigenvalue weighted by molar-refractivity contribution is 0.0842. The van der Waals surface area contributed by atoms with Crippen LogP contribution in [0.5, 0.6) is 17.4 Å². The first kappa shape index (κ1) is 31.3. The molecule has 5 rings (SSSR count). The number of benzene rings is 1. The van der Waals surface area contributed by atoms with Gasteiger partial charge in [-0.1, -0.05) is 12.8 Å². The summed E-state index contributed by atoms with van der Waals surface area (Å²) in [5, 5.41) is 7.08. The van der Waals surface area contributed by atoms with Gasteiger partial charge in [0.05, 0.1) is 39.2 Å². The van der Waals surface area contributed by atoms with E-state index in [4.69, 9.17) is 46.3 Å². The van der Waals surface area contributed by atoms with E-state index in [-0.39, 0.29) is 0 Å². The van der Waals surface area contributed by atoms with Crippen molar-refractivity contribution in [3.05, 3.63) is 23.1 Å². The molecule has 0 amide bonds. The third kappa shape index (κ3) is 8.02. The average molecular weight is 614 g/mol. The number of nitrogens with zero attached hydrogens (tertiary/aromatic N) is 3. The smallest absolute Gasteiger partial charge is 0.394 e. The molecular weight excluding hydrogens is 574 g/mol. The van der Waals surface area contributed by atoms with Crippen molar-refractivity contribution in [3.8, 4) is 28.6 Å². The molecule has 12 nitrogen and oxygen atoms in total. The minimum Gasteiger partial charge on any atom is -0.496 e. The monoisotopic (exact) mass is 613 g/mol. The SMILES string of the molecule is CCOCc1cc(OC)c(-c2csc3c(N(CCC4CC4)C4CCOCC4)c(OC)nn23)c(OC)c1.O=S(=O)(O)O. The van der Waals surface area contributed by atoms with Crippen molar-refractivity contribution >= 4 is 32.3 Å². The van der Waals surface area contributed by atoms with Gasteiger partial charge in [0.15, 0.2) is 0 Å². The maximum Gasteiger partial charge on any atom is 0.394 e. The first-order valence-corrected chi connectivity index (χ1v) is 15.9. The predicted molar refractivity (Wildman–Crippen MR) is 156 cm³/mol. The molecule has 2 N–H and O–H groups in total. The van der Waals surface area contributed by atoms with E-state index in [9.17, 15) is 0 Å². The van der Waals surface area contributed by atoms with Gasteiger partial charge in [0.1, 0.15) is 22.0 Å². The summed E-state index contributed by atoms with van der Waals surface area (Å²) in [5.74, 6) is 2.98. The Morgan fingerprint density at radius 3 is 2.24 bits per heavy atom. The Labute approximate surface area is 244 Å². The molecule has 2 aromatic heterocycles. The van der Waals surface area contributed by atoms with Crippen LogP contribution < -0.4 is 19.1 Å². The van der Waals surface area contributed by atoms with Crippen LogP contribution in [-0.4, -0.2) is 80.9 Å². The zero-order chi connectivity index (χ0) is 29.6. The zero-order valence-corrected chi connectivity index (χ0v) is 25.5. The van der Waals surface area contributed by atoms with E-state index >= 15 is 0 Å². The summed E-state index contributed by atoms with van der Waals surface area (Å²) in [6.45, 7) is 5.76. The molecule has 228 valence electrons. The van der Waals surface area contributed by atoms with Crippen LogP contribution in [0.2, 0.25) is 0 Å². The number of ether oxygens (including phenoxy) is 5. The highest BCUT2D eigenvalue weighted by Crippen LogP contribution is 2.46.